The molecule has 0 aliphatic carbocycles. The van der Waals surface area contributed by atoms with E-state index >= 15 is 0 Å². The fourth-order valence-corrected chi connectivity index (χ4v) is 2.27. The molecule has 0 heterocycles. The standard InChI is InChI=1S/C16H34O/c1-5-6-7-8-9-11-14(2)12-10-13-15(3)16(4)17/h14-17H,5-13H2,1-4H3/t14-,15-,16+/m0/s1. The zero-order chi connectivity index (χ0) is 13.1. The Labute approximate surface area is 109 Å². The summed E-state index contributed by atoms with van der Waals surface area (Å²) in [6.45, 7) is 8.71. The lowest BCUT2D eigenvalue weighted by atomic mass is 9.93. The molecule has 0 aliphatic rings. The first-order chi connectivity index (χ1) is 8.07. The maximum Gasteiger partial charge on any atom is 0.0537 e. The van der Waals surface area contributed by atoms with Crippen molar-refractivity contribution in [3.05, 3.63) is 0 Å². The van der Waals surface area contributed by atoms with Crippen molar-refractivity contribution >= 4 is 0 Å². The van der Waals surface area contributed by atoms with E-state index in [1.54, 1.807) is 0 Å². The van der Waals surface area contributed by atoms with Crippen molar-refractivity contribution in [3.8, 4) is 0 Å². The summed E-state index contributed by atoms with van der Waals surface area (Å²) in [7, 11) is 0. The SMILES string of the molecule is CCCCCCC[C@H](C)CCC[C@H](C)[C@@H](C)O. The Balaban J connectivity index is 3.31. The molecule has 0 saturated carbocycles. The molecule has 0 radical (unpaired) electrons. The van der Waals surface area contributed by atoms with Crippen LogP contribution in [0.2, 0.25) is 0 Å². The van der Waals surface area contributed by atoms with Crippen molar-refractivity contribution in [2.75, 3.05) is 0 Å². The zero-order valence-corrected chi connectivity index (χ0v) is 12.5. The summed E-state index contributed by atoms with van der Waals surface area (Å²) in [4.78, 5) is 0. The van der Waals surface area contributed by atoms with E-state index in [-0.39, 0.29) is 6.10 Å². The number of hydrogen-bond donors (Lipinski definition) is 1. The summed E-state index contributed by atoms with van der Waals surface area (Å²) < 4.78 is 0. The van der Waals surface area contributed by atoms with E-state index < -0.39 is 0 Å². The maximum atomic E-state index is 9.41. The summed E-state index contributed by atoms with van der Waals surface area (Å²) in [6, 6.07) is 0. The minimum atomic E-state index is -0.139. The van der Waals surface area contributed by atoms with Gasteiger partial charge in [-0.25, -0.2) is 0 Å². The molecule has 104 valence electrons. The van der Waals surface area contributed by atoms with Crippen LogP contribution in [0.1, 0.15) is 85.5 Å². The van der Waals surface area contributed by atoms with Crippen LogP contribution in [0, 0.1) is 11.8 Å². The first kappa shape index (κ1) is 17.0. The molecule has 0 amide bonds. The number of aliphatic hydroxyl groups is 1. The van der Waals surface area contributed by atoms with E-state index in [0.717, 1.165) is 5.92 Å². The van der Waals surface area contributed by atoms with Gasteiger partial charge in [0.25, 0.3) is 0 Å². The van der Waals surface area contributed by atoms with Gasteiger partial charge >= 0.3 is 0 Å². The highest BCUT2D eigenvalue weighted by atomic mass is 16.3. The Kier molecular flexibility index (Phi) is 11.0. The second-order valence-corrected chi connectivity index (χ2v) is 5.96. The topological polar surface area (TPSA) is 20.2 Å². The van der Waals surface area contributed by atoms with E-state index in [9.17, 15) is 5.11 Å². The third kappa shape index (κ3) is 10.8. The molecule has 0 rings (SSSR count). The van der Waals surface area contributed by atoms with Gasteiger partial charge in [0.15, 0.2) is 0 Å². The normalized spacial score (nSPS) is 16.8. The second-order valence-electron chi connectivity index (χ2n) is 5.96. The highest BCUT2D eigenvalue weighted by Gasteiger charge is 2.09. The van der Waals surface area contributed by atoms with Gasteiger partial charge in [0, 0.05) is 0 Å². The van der Waals surface area contributed by atoms with Crippen LogP contribution in [0.15, 0.2) is 0 Å². The summed E-state index contributed by atoms with van der Waals surface area (Å²) in [5.41, 5.74) is 0. The lowest BCUT2D eigenvalue weighted by molar-refractivity contribution is 0.127. The molecule has 0 aliphatic heterocycles. The van der Waals surface area contributed by atoms with Crippen LogP contribution in [0.3, 0.4) is 0 Å². The fraction of sp³-hybridized carbons (Fsp3) is 1.00. The van der Waals surface area contributed by atoms with Gasteiger partial charge in [-0.1, -0.05) is 72.1 Å². The minimum Gasteiger partial charge on any atom is -0.393 e. The average Bonchev–Trinajstić information content (AvgIpc) is 2.28. The molecule has 0 fully saturated rings. The largest absolute Gasteiger partial charge is 0.393 e. The summed E-state index contributed by atoms with van der Waals surface area (Å²) in [6.07, 6.45) is 12.0. The summed E-state index contributed by atoms with van der Waals surface area (Å²) >= 11 is 0. The first-order valence-electron chi connectivity index (χ1n) is 7.76. The monoisotopic (exact) mass is 242 g/mol. The number of hydrogen-bond acceptors (Lipinski definition) is 1. The average molecular weight is 242 g/mol. The lowest BCUT2D eigenvalue weighted by Crippen LogP contribution is -2.13. The highest BCUT2D eigenvalue weighted by Crippen LogP contribution is 2.19. The van der Waals surface area contributed by atoms with Gasteiger partial charge < -0.3 is 5.11 Å². The summed E-state index contributed by atoms with van der Waals surface area (Å²) in [5, 5.41) is 9.41. The van der Waals surface area contributed by atoms with Gasteiger partial charge in [-0.15, -0.1) is 0 Å². The maximum absolute atomic E-state index is 9.41. The second kappa shape index (κ2) is 11.1. The van der Waals surface area contributed by atoms with E-state index in [0.29, 0.717) is 5.92 Å². The third-order valence-corrected chi connectivity index (χ3v) is 3.98. The molecular weight excluding hydrogens is 208 g/mol. The Morgan fingerprint density at radius 3 is 1.94 bits per heavy atom. The van der Waals surface area contributed by atoms with Crippen LogP contribution in [0.5, 0.6) is 0 Å². The Morgan fingerprint density at radius 1 is 0.765 bits per heavy atom. The van der Waals surface area contributed by atoms with Crippen molar-refractivity contribution in [1.29, 1.82) is 0 Å². The molecule has 3 atom stereocenters. The van der Waals surface area contributed by atoms with Crippen LogP contribution < -0.4 is 0 Å². The van der Waals surface area contributed by atoms with Gasteiger partial charge in [-0.05, 0) is 25.2 Å². The van der Waals surface area contributed by atoms with Crippen LogP contribution in [0.25, 0.3) is 0 Å². The van der Waals surface area contributed by atoms with Gasteiger partial charge in [0.1, 0.15) is 0 Å². The smallest absolute Gasteiger partial charge is 0.0537 e. The molecule has 1 nitrogen and oxygen atoms in total. The predicted molar refractivity (Wildman–Crippen MR) is 77.2 cm³/mol. The fourth-order valence-electron chi connectivity index (χ4n) is 2.27. The van der Waals surface area contributed by atoms with Crippen LogP contribution in [-0.2, 0) is 0 Å². The first-order valence-corrected chi connectivity index (χ1v) is 7.76. The molecular formula is C16H34O. The molecule has 0 unspecified atom stereocenters. The van der Waals surface area contributed by atoms with E-state index in [4.69, 9.17) is 0 Å². The number of aliphatic hydroxyl groups excluding tert-OH is 1. The van der Waals surface area contributed by atoms with E-state index in [2.05, 4.69) is 20.8 Å². The van der Waals surface area contributed by atoms with Gasteiger partial charge in [0.2, 0.25) is 0 Å². The third-order valence-electron chi connectivity index (χ3n) is 3.98. The molecule has 0 saturated heterocycles. The van der Waals surface area contributed by atoms with Crippen molar-refractivity contribution in [1.82, 2.24) is 0 Å². The van der Waals surface area contributed by atoms with Crippen LogP contribution in [0.4, 0.5) is 0 Å². The van der Waals surface area contributed by atoms with Crippen molar-refractivity contribution in [2.24, 2.45) is 11.8 Å². The zero-order valence-electron chi connectivity index (χ0n) is 12.5. The van der Waals surface area contributed by atoms with Crippen molar-refractivity contribution in [3.63, 3.8) is 0 Å². The molecule has 1 N–H and O–H groups in total. The van der Waals surface area contributed by atoms with Crippen molar-refractivity contribution in [2.45, 2.75) is 91.6 Å². The van der Waals surface area contributed by atoms with Gasteiger partial charge in [-0.3, -0.25) is 0 Å². The van der Waals surface area contributed by atoms with E-state index in [1.165, 1.54) is 57.8 Å². The van der Waals surface area contributed by atoms with Gasteiger partial charge in [0.05, 0.1) is 6.10 Å². The Hall–Kier alpha value is -0.0400. The predicted octanol–water partition coefficient (Wildman–Crippen LogP) is 5.17. The van der Waals surface area contributed by atoms with Crippen LogP contribution in [-0.4, -0.2) is 11.2 Å². The number of unbranched alkanes of at least 4 members (excludes halogenated alkanes) is 4. The van der Waals surface area contributed by atoms with Crippen molar-refractivity contribution < 1.29 is 5.11 Å². The Bertz CT molecular complexity index is 154. The quantitative estimate of drug-likeness (QED) is 0.496. The highest BCUT2D eigenvalue weighted by molar-refractivity contribution is 4.61. The molecule has 0 aromatic rings. The molecule has 0 aromatic carbocycles. The molecule has 17 heavy (non-hydrogen) atoms. The van der Waals surface area contributed by atoms with E-state index in [1.807, 2.05) is 6.92 Å². The molecule has 0 aromatic heterocycles. The molecule has 0 bridgehead atoms. The van der Waals surface area contributed by atoms with Crippen LogP contribution >= 0.6 is 0 Å². The van der Waals surface area contributed by atoms with Gasteiger partial charge in [-0.2, -0.15) is 0 Å². The number of rotatable bonds is 11. The summed E-state index contributed by atoms with van der Waals surface area (Å²) in [5.74, 6) is 1.34. The Morgan fingerprint density at radius 2 is 1.35 bits per heavy atom. The molecule has 1 heteroatoms. The minimum absolute atomic E-state index is 0.139. The molecule has 0 spiro atoms. The lowest BCUT2D eigenvalue weighted by Gasteiger charge is -2.16.